The number of nitrogens with zero attached hydrogens (tertiary/aromatic N) is 2. The second-order valence-corrected chi connectivity index (χ2v) is 9.40. The average molecular weight is 396 g/mol. The van der Waals surface area contributed by atoms with E-state index in [0.717, 1.165) is 23.3 Å². The summed E-state index contributed by atoms with van der Waals surface area (Å²) in [6.07, 6.45) is 1.99. The summed E-state index contributed by atoms with van der Waals surface area (Å²) in [5.41, 5.74) is 4.09. The van der Waals surface area contributed by atoms with Gasteiger partial charge in [0.15, 0.2) is 5.13 Å². The molecule has 0 spiro atoms. The number of anilines is 1. The molecule has 0 unspecified atom stereocenters. The highest BCUT2D eigenvalue weighted by molar-refractivity contribution is 7.16. The van der Waals surface area contributed by atoms with Gasteiger partial charge in [0, 0.05) is 10.4 Å². The second kappa shape index (κ2) is 6.08. The van der Waals surface area contributed by atoms with Gasteiger partial charge in [0.2, 0.25) is 11.8 Å². The Kier molecular flexibility index (Phi) is 3.85. The molecule has 0 N–H and O–H groups in total. The number of amides is 2. The zero-order valence-corrected chi connectivity index (χ0v) is 16.8. The predicted octanol–water partition coefficient (Wildman–Crippen LogP) is 4.74. The number of aryl methyl sites for hydroxylation is 1. The van der Waals surface area contributed by atoms with Gasteiger partial charge in [-0.15, -0.1) is 11.3 Å². The number of carbonyl (C=O) groups excluding carboxylic acids is 2. The van der Waals surface area contributed by atoms with E-state index in [9.17, 15) is 14.0 Å². The maximum absolute atomic E-state index is 13.3. The molecule has 5 rings (SSSR count). The van der Waals surface area contributed by atoms with Crippen LogP contribution < -0.4 is 4.90 Å². The van der Waals surface area contributed by atoms with E-state index in [2.05, 4.69) is 18.8 Å². The van der Waals surface area contributed by atoms with E-state index in [4.69, 9.17) is 0 Å². The Balaban J connectivity index is 1.52. The van der Waals surface area contributed by atoms with Gasteiger partial charge in [-0.2, -0.15) is 0 Å². The van der Waals surface area contributed by atoms with Crippen molar-refractivity contribution < 1.29 is 14.0 Å². The van der Waals surface area contributed by atoms with Crippen LogP contribution in [0.4, 0.5) is 9.52 Å². The molecule has 0 radical (unpaired) electrons. The SMILES string of the molecule is CC(C)=C1[C@H]2CC[C@@H]1[C@@H]1C(=O)N(c3nc(-c4ccc(F)cc4)c(C)s3)C(=O)[C@H]12. The fourth-order valence-corrected chi connectivity index (χ4v) is 6.48. The first-order chi connectivity index (χ1) is 13.4. The van der Waals surface area contributed by atoms with Crippen LogP contribution in [0.5, 0.6) is 0 Å². The number of hydrogen-bond acceptors (Lipinski definition) is 4. The zero-order valence-electron chi connectivity index (χ0n) is 16.0. The normalized spacial score (nSPS) is 28.4. The highest BCUT2D eigenvalue weighted by Gasteiger charge is 2.64. The fraction of sp³-hybridized carbons (Fsp3) is 0.409. The van der Waals surface area contributed by atoms with Gasteiger partial charge >= 0.3 is 0 Å². The molecule has 28 heavy (non-hydrogen) atoms. The van der Waals surface area contributed by atoms with E-state index in [1.807, 2.05) is 6.92 Å². The van der Waals surface area contributed by atoms with Gasteiger partial charge in [0.1, 0.15) is 5.82 Å². The Morgan fingerprint density at radius 1 is 1.07 bits per heavy atom. The molecule has 2 saturated carbocycles. The fourth-order valence-electron chi connectivity index (χ4n) is 5.53. The van der Waals surface area contributed by atoms with Gasteiger partial charge in [0.05, 0.1) is 17.5 Å². The first-order valence-electron chi connectivity index (χ1n) is 9.67. The van der Waals surface area contributed by atoms with E-state index in [1.165, 1.54) is 39.5 Å². The number of halogens is 1. The van der Waals surface area contributed by atoms with Crippen molar-refractivity contribution in [3.05, 3.63) is 46.1 Å². The number of hydrogen-bond donors (Lipinski definition) is 0. The molecule has 3 aliphatic rings. The van der Waals surface area contributed by atoms with Crippen molar-refractivity contribution in [2.45, 2.75) is 33.6 Å². The predicted molar refractivity (Wildman–Crippen MR) is 106 cm³/mol. The quantitative estimate of drug-likeness (QED) is 0.544. The van der Waals surface area contributed by atoms with Crippen LogP contribution in [-0.2, 0) is 9.59 Å². The summed E-state index contributed by atoms with van der Waals surface area (Å²) < 4.78 is 13.2. The summed E-state index contributed by atoms with van der Waals surface area (Å²) >= 11 is 1.35. The summed E-state index contributed by atoms with van der Waals surface area (Å²) in [5, 5.41) is 0.444. The lowest BCUT2D eigenvalue weighted by Gasteiger charge is -2.18. The number of carbonyl (C=O) groups is 2. The Bertz CT molecular complexity index is 1000. The summed E-state index contributed by atoms with van der Waals surface area (Å²) in [5.74, 6) is -0.539. The molecule has 1 aliphatic heterocycles. The van der Waals surface area contributed by atoms with Gasteiger partial charge < -0.3 is 0 Å². The topological polar surface area (TPSA) is 50.3 Å². The van der Waals surface area contributed by atoms with Gasteiger partial charge in [0.25, 0.3) is 0 Å². The van der Waals surface area contributed by atoms with E-state index in [1.54, 1.807) is 12.1 Å². The van der Waals surface area contributed by atoms with Crippen molar-refractivity contribution in [3.63, 3.8) is 0 Å². The number of benzene rings is 1. The van der Waals surface area contributed by atoms with Crippen LogP contribution in [0, 0.1) is 36.4 Å². The molecule has 2 heterocycles. The number of thiazole rings is 1. The van der Waals surface area contributed by atoms with Crippen molar-refractivity contribution in [3.8, 4) is 11.3 Å². The maximum atomic E-state index is 13.3. The zero-order chi connectivity index (χ0) is 19.7. The largest absolute Gasteiger partial charge is 0.274 e. The molecule has 2 bridgehead atoms. The van der Waals surface area contributed by atoms with E-state index in [0.29, 0.717) is 10.8 Å². The first-order valence-corrected chi connectivity index (χ1v) is 10.5. The molecule has 1 saturated heterocycles. The lowest BCUT2D eigenvalue weighted by Crippen LogP contribution is -2.33. The number of allylic oxidation sites excluding steroid dienone is 2. The van der Waals surface area contributed by atoms with Crippen molar-refractivity contribution in [1.82, 2.24) is 4.98 Å². The molecular weight excluding hydrogens is 375 g/mol. The summed E-state index contributed by atoms with van der Waals surface area (Å²) in [7, 11) is 0. The Hall–Kier alpha value is -2.34. The molecule has 144 valence electrons. The van der Waals surface area contributed by atoms with Gasteiger partial charge in [-0.25, -0.2) is 14.3 Å². The van der Waals surface area contributed by atoms with Crippen LogP contribution >= 0.6 is 11.3 Å². The summed E-state index contributed by atoms with van der Waals surface area (Å²) in [6, 6.07) is 6.13. The number of rotatable bonds is 2. The van der Waals surface area contributed by atoms with Crippen molar-refractivity contribution in [2.75, 3.05) is 4.90 Å². The third-order valence-electron chi connectivity index (χ3n) is 6.52. The highest BCUT2D eigenvalue weighted by Crippen LogP contribution is 2.60. The first kappa shape index (κ1) is 17.7. The highest BCUT2D eigenvalue weighted by atomic mass is 32.1. The summed E-state index contributed by atoms with van der Waals surface area (Å²) in [4.78, 5) is 33.4. The van der Waals surface area contributed by atoms with Crippen LogP contribution in [0.1, 0.15) is 31.6 Å². The van der Waals surface area contributed by atoms with Crippen molar-refractivity contribution in [2.24, 2.45) is 23.7 Å². The second-order valence-electron chi connectivity index (χ2n) is 8.22. The van der Waals surface area contributed by atoms with Gasteiger partial charge in [-0.3, -0.25) is 9.59 Å². The molecule has 1 aromatic heterocycles. The van der Waals surface area contributed by atoms with Crippen LogP contribution in [0.25, 0.3) is 11.3 Å². The standard InChI is InChI=1S/C22H21FN2O2S/c1-10(2)16-14-8-9-15(16)18-17(14)20(26)25(21(18)27)22-24-19(11(3)28-22)12-4-6-13(23)7-5-12/h4-7,14-15,17-18H,8-9H2,1-3H3/t14-,15+,17-,18-/m0/s1. The maximum Gasteiger partial charge on any atom is 0.240 e. The smallest absolute Gasteiger partial charge is 0.240 e. The van der Waals surface area contributed by atoms with Crippen LogP contribution in [0.2, 0.25) is 0 Å². The molecule has 2 aliphatic carbocycles. The molecule has 2 amide bonds. The van der Waals surface area contributed by atoms with E-state index in [-0.39, 0.29) is 41.3 Å². The van der Waals surface area contributed by atoms with Crippen LogP contribution in [0.3, 0.4) is 0 Å². The summed E-state index contributed by atoms with van der Waals surface area (Å²) in [6.45, 7) is 6.10. The monoisotopic (exact) mass is 396 g/mol. The van der Waals surface area contributed by atoms with Crippen molar-refractivity contribution in [1.29, 1.82) is 0 Å². The third-order valence-corrected chi connectivity index (χ3v) is 7.48. The molecule has 4 nitrogen and oxygen atoms in total. The van der Waals surface area contributed by atoms with Crippen LogP contribution in [-0.4, -0.2) is 16.8 Å². The minimum Gasteiger partial charge on any atom is -0.274 e. The molecule has 2 aromatic rings. The Labute approximate surface area is 167 Å². The minimum atomic E-state index is -0.305. The lowest BCUT2D eigenvalue weighted by atomic mass is 9.81. The number of aromatic nitrogens is 1. The Morgan fingerprint density at radius 3 is 2.18 bits per heavy atom. The van der Waals surface area contributed by atoms with Gasteiger partial charge in [-0.05, 0) is 69.7 Å². The van der Waals surface area contributed by atoms with E-state index >= 15 is 0 Å². The number of fused-ring (bicyclic) bond motifs is 5. The van der Waals surface area contributed by atoms with Crippen LogP contribution in [0.15, 0.2) is 35.4 Å². The molecular formula is C22H21FN2O2S. The van der Waals surface area contributed by atoms with Crippen molar-refractivity contribution >= 4 is 28.3 Å². The minimum absolute atomic E-state index is 0.0969. The van der Waals surface area contributed by atoms with Gasteiger partial charge in [-0.1, -0.05) is 11.1 Å². The lowest BCUT2D eigenvalue weighted by molar-refractivity contribution is -0.123. The number of imide groups is 1. The molecule has 4 atom stereocenters. The van der Waals surface area contributed by atoms with E-state index < -0.39 is 0 Å². The third kappa shape index (κ3) is 2.30. The Morgan fingerprint density at radius 2 is 1.64 bits per heavy atom. The molecule has 6 heteroatoms. The molecule has 1 aromatic carbocycles. The molecule has 3 fully saturated rings. The average Bonchev–Trinajstić information content (AvgIpc) is 3.37.